The van der Waals surface area contributed by atoms with Crippen LogP contribution in [-0.4, -0.2) is 32.7 Å². The van der Waals surface area contributed by atoms with Gasteiger partial charge >= 0.3 is 6.03 Å². The topological polar surface area (TPSA) is 63.1 Å². The van der Waals surface area contributed by atoms with Gasteiger partial charge in [0.15, 0.2) is 0 Å². The molecule has 124 valence electrons. The molecule has 1 N–H and O–H groups in total. The van der Waals surface area contributed by atoms with E-state index >= 15 is 0 Å². The first-order valence-corrected chi connectivity index (χ1v) is 7.87. The first kappa shape index (κ1) is 17.0. The van der Waals surface area contributed by atoms with Crippen molar-refractivity contribution in [3.05, 3.63) is 47.5 Å². The van der Waals surface area contributed by atoms with Crippen LogP contribution in [0, 0.1) is 6.92 Å². The maximum Gasteiger partial charge on any atom is 0.318 e. The van der Waals surface area contributed by atoms with Crippen molar-refractivity contribution in [2.45, 2.75) is 39.3 Å². The minimum atomic E-state index is -0.0931. The predicted molar refractivity (Wildman–Crippen MR) is 89.9 cm³/mol. The second-order valence-electron chi connectivity index (χ2n) is 5.83. The fourth-order valence-electron chi connectivity index (χ4n) is 2.87. The lowest BCUT2D eigenvalue weighted by atomic mass is 10.1. The van der Waals surface area contributed by atoms with E-state index < -0.39 is 0 Å². The van der Waals surface area contributed by atoms with Gasteiger partial charge in [-0.2, -0.15) is 5.10 Å². The normalized spacial score (nSPS) is 13.4. The molecule has 23 heavy (non-hydrogen) atoms. The van der Waals surface area contributed by atoms with Crippen molar-refractivity contribution in [2.24, 2.45) is 7.05 Å². The van der Waals surface area contributed by atoms with Crippen LogP contribution in [0.1, 0.15) is 49.2 Å². The number of urea groups is 1. The maximum atomic E-state index is 12.6. The van der Waals surface area contributed by atoms with Crippen molar-refractivity contribution in [2.75, 3.05) is 7.05 Å². The molecule has 2 heterocycles. The molecule has 0 aliphatic rings. The number of carbonyl (C=O) groups excluding carboxylic acids is 1. The molecule has 2 aromatic rings. The maximum absolute atomic E-state index is 12.6. The Bertz CT molecular complexity index is 652. The summed E-state index contributed by atoms with van der Waals surface area (Å²) in [5, 5.41) is 7.38. The van der Waals surface area contributed by atoms with Crippen LogP contribution in [0.5, 0.6) is 0 Å². The summed E-state index contributed by atoms with van der Waals surface area (Å²) < 4.78 is 1.77. The van der Waals surface area contributed by atoms with Crippen LogP contribution in [0.15, 0.2) is 30.7 Å². The number of amides is 2. The summed E-state index contributed by atoms with van der Waals surface area (Å²) in [6.07, 6.45) is 6.30. The highest BCUT2D eigenvalue weighted by Crippen LogP contribution is 2.23. The van der Waals surface area contributed by atoms with E-state index in [4.69, 9.17) is 0 Å². The SMILES string of the molecule is CC[C@@H](c1ccncc1)N(C)C(=O)N[C@@H](C)c1cn(C)nc1C. The molecule has 0 aliphatic carbocycles. The molecule has 0 unspecified atom stereocenters. The van der Waals surface area contributed by atoms with E-state index in [9.17, 15) is 4.79 Å². The van der Waals surface area contributed by atoms with Crippen molar-refractivity contribution in [1.29, 1.82) is 0 Å². The van der Waals surface area contributed by atoms with Crippen LogP contribution in [-0.2, 0) is 7.05 Å². The minimum Gasteiger partial charge on any atom is -0.331 e. The Morgan fingerprint density at radius 3 is 2.57 bits per heavy atom. The largest absolute Gasteiger partial charge is 0.331 e. The number of pyridine rings is 1. The van der Waals surface area contributed by atoms with Gasteiger partial charge in [-0.25, -0.2) is 4.79 Å². The van der Waals surface area contributed by atoms with Gasteiger partial charge in [0.25, 0.3) is 0 Å². The standard InChI is InChI=1S/C17H25N5O/c1-6-16(14-7-9-18-10-8-14)22(5)17(23)19-12(2)15-11-21(4)20-13(15)3/h7-12,16H,6H2,1-5H3,(H,19,23)/t12-,16-/m0/s1. The number of aromatic nitrogens is 3. The Hall–Kier alpha value is -2.37. The zero-order chi connectivity index (χ0) is 17.0. The summed E-state index contributed by atoms with van der Waals surface area (Å²) in [5.41, 5.74) is 3.06. The number of aryl methyl sites for hydroxylation is 2. The molecule has 6 heteroatoms. The minimum absolute atomic E-state index is 0.0280. The van der Waals surface area contributed by atoms with E-state index in [2.05, 4.69) is 22.3 Å². The molecule has 2 aromatic heterocycles. The summed E-state index contributed by atoms with van der Waals surface area (Å²) in [5.74, 6) is 0. The van der Waals surface area contributed by atoms with Gasteiger partial charge in [-0.15, -0.1) is 0 Å². The summed E-state index contributed by atoms with van der Waals surface area (Å²) in [7, 11) is 3.71. The number of hydrogen-bond donors (Lipinski definition) is 1. The van der Waals surface area contributed by atoms with Crippen LogP contribution in [0.3, 0.4) is 0 Å². The monoisotopic (exact) mass is 315 g/mol. The number of carbonyl (C=O) groups is 1. The lowest BCUT2D eigenvalue weighted by molar-refractivity contribution is 0.185. The fourth-order valence-corrected chi connectivity index (χ4v) is 2.87. The smallest absolute Gasteiger partial charge is 0.318 e. The molecule has 2 rings (SSSR count). The van der Waals surface area contributed by atoms with Crippen LogP contribution in [0.2, 0.25) is 0 Å². The van der Waals surface area contributed by atoms with Gasteiger partial charge in [0.2, 0.25) is 0 Å². The molecule has 2 amide bonds. The molecule has 0 radical (unpaired) electrons. The predicted octanol–water partition coefficient (Wildman–Crippen LogP) is 2.98. The Balaban J connectivity index is 2.08. The van der Waals surface area contributed by atoms with E-state index in [1.165, 1.54) is 0 Å². The van der Waals surface area contributed by atoms with Gasteiger partial charge in [0, 0.05) is 38.2 Å². The number of nitrogens with one attached hydrogen (secondary N) is 1. The van der Waals surface area contributed by atoms with Crippen molar-refractivity contribution < 1.29 is 4.79 Å². The third kappa shape index (κ3) is 3.88. The first-order valence-electron chi connectivity index (χ1n) is 7.87. The highest BCUT2D eigenvalue weighted by atomic mass is 16.2. The molecule has 0 saturated carbocycles. The second-order valence-corrected chi connectivity index (χ2v) is 5.83. The summed E-state index contributed by atoms with van der Waals surface area (Å²) in [6, 6.07) is 3.75. The van der Waals surface area contributed by atoms with Crippen molar-refractivity contribution in [3.63, 3.8) is 0 Å². The van der Waals surface area contributed by atoms with Crippen LogP contribution < -0.4 is 5.32 Å². The van der Waals surface area contributed by atoms with E-state index in [1.54, 1.807) is 22.0 Å². The van der Waals surface area contributed by atoms with E-state index in [1.807, 2.05) is 46.3 Å². The second kappa shape index (κ2) is 7.26. The molecule has 0 aliphatic heterocycles. The van der Waals surface area contributed by atoms with Crippen LogP contribution in [0.4, 0.5) is 4.79 Å². The highest BCUT2D eigenvalue weighted by Gasteiger charge is 2.22. The van der Waals surface area contributed by atoms with Crippen molar-refractivity contribution in [3.8, 4) is 0 Å². The zero-order valence-corrected chi connectivity index (χ0v) is 14.4. The average molecular weight is 315 g/mol. The molecule has 0 aromatic carbocycles. The lowest BCUT2D eigenvalue weighted by Crippen LogP contribution is -2.40. The van der Waals surface area contributed by atoms with E-state index in [0.717, 1.165) is 23.2 Å². The Labute approximate surface area is 137 Å². The van der Waals surface area contributed by atoms with Gasteiger partial charge < -0.3 is 10.2 Å². The van der Waals surface area contributed by atoms with Gasteiger partial charge in [-0.3, -0.25) is 9.67 Å². The first-order chi connectivity index (χ1) is 10.9. The van der Waals surface area contributed by atoms with Gasteiger partial charge in [0.1, 0.15) is 0 Å². The molecule has 0 spiro atoms. The fraction of sp³-hybridized carbons (Fsp3) is 0.471. The molecule has 2 atom stereocenters. The molecule has 0 bridgehead atoms. The van der Waals surface area contributed by atoms with Gasteiger partial charge in [0.05, 0.1) is 17.8 Å². The lowest BCUT2D eigenvalue weighted by Gasteiger charge is -2.29. The van der Waals surface area contributed by atoms with Crippen molar-refractivity contribution >= 4 is 6.03 Å². The molecule has 0 fully saturated rings. The van der Waals surface area contributed by atoms with E-state index in [-0.39, 0.29) is 18.1 Å². The van der Waals surface area contributed by atoms with Gasteiger partial charge in [-0.1, -0.05) is 6.92 Å². The Morgan fingerprint density at radius 1 is 1.39 bits per heavy atom. The molecule has 6 nitrogen and oxygen atoms in total. The molecular weight excluding hydrogens is 290 g/mol. The number of nitrogens with zero attached hydrogens (tertiary/aromatic N) is 4. The zero-order valence-electron chi connectivity index (χ0n) is 14.4. The average Bonchev–Trinajstić information content (AvgIpc) is 2.87. The Kier molecular flexibility index (Phi) is 5.36. The number of rotatable bonds is 5. The van der Waals surface area contributed by atoms with Crippen LogP contribution >= 0.6 is 0 Å². The quantitative estimate of drug-likeness (QED) is 0.922. The molecular formula is C17H25N5O. The van der Waals surface area contributed by atoms with Crippen molar-refractivity contribution in [1.82, 2.24) is 25.0 Å². The highest BCUT2D eigenvalue weighted by molar-refractivity contribution is 5.75. The Morgan fingerprint density at radius 2 is 2.04 bits per heavy atom. The third-order valence-electron chi connectivity index (χ3n) is 4.12. The van der Waals surface area contributed by atoms with Gasteiger partial charge in [-0.05, 0) is 38.0 Å². The van der Waals surface area contributed by atoms with Crippen LogP contribution in [0.25, 0.3) is 0 Å². The third-order valence-corrected chi connectivity index (χ3v) is 4.12. The summed E-state index contributed by atoms with van der Waals surface area (Å²) >= 11 is 0. The molecule has 0 saturated heterocycles. The summed E-state index contributed by atoms with van der Waals surface area (Å²) in [4.78, 5) is 18.4. The van der Waals surface area contributed by atoms with E-state index in [0.29, 0.717) is 0 Å². The summed E-state index contributed by atoms with van der Waals surface area (Å²) in [6.45, 7) is 6.00. The number of hydrogen-bond acceptors (Lipinski definition) is 3.